The zero-order valence-corrected chi connectivity index (χ0v) is 9.46. The first-order valence-corrected chi connectivity index (χ1v) is 4.90. The van der Waals surface area contributed by atoms with E-state index < -0.39 is 3.79 Å². The van der Waals surface area contributed by atoms with Crippen LogP contribution in [0, 0.1) is 0 Å². The number of rotatable bonds is 1. The van der Waals surface area contributed by atoms with E-state index in [0.717, 1.165) is 0 Å². The zero-order chi connectivity index (χ0) is 10.1. The molecule has 0 bridgehead atoms. The molecule has 1 aromatic rings. The highest BCUT2D eigenvalue weighted by Gasteiger charge is 2.23. The van der Waals surface area contributed by atoms with Gasteiger partial charge in [-0.15, -0.1) is 12.6 Å². The quantitative estimate of drug-likeness (QED) is 0.599. The van der Waals surface area contributed by atoms with Gasteiger partial charge in [0.05, 0.1) is 0 Å². The highest BCUT2D eigenvalue weighted by molar-refractivity contribution is 7.97. The first kappa shape index (κ1) is 11.2. The van der Waals surface area contributed by atoms with Crippen LogP contribution in [0.5, 0.6) is 0 Å². The SMILES string of the molecule is O=C(S)c1cccc(C(Cl)(Cl)Cl)c1. The van der Waals surface area contributed by atoms with Gasteiger partial charge in [-0.05, 0) is 6.07 Å². The van der Waals surface area contributed by atoms with Gasteiger partial charge >= 0.3 is 0 Å². The Hall–Kier alpha value is 0.110. The topological polar surface area (TPSA) is 17.1 Å². The lowest BCUT2D eigenvalue weighted by atomic mass is 10.1. The Balaban J connectivity index is 3.13. The van der Waals surface area contributed by atoms with E-state index in [-0.39, 0.29) is 5.12 Å². The molecule has 0 aliphatic rings. The molecule has 5 heteroatoms. The normalized spacial score (nSPS) is 11.4. The van der Waals surface area contributed by atoms with E-state index in [0.29, 0.717) is 11.1 Å². The Morgan fingerprint density at radius 2 is 1.92 bits per heavy atom. The third kappa shape index (κ3) is 3.06. The summed E-state index contributed by atoms with van der Waals surface area (Å²) in [7, 11) is 0. The van der Waals surface area contributed by atoms with Crippen molar-refractivity contribution in [3.63, 3.8) is 0 Å². The van der Waals surface area contributed by atoms with E-state index in [9.17, 15) is 4.79 Å². The van der Waals surface area contributed by atoms with E-state index in [1.807, 2.05) is 0 Å². The van der Waals surface area contributed by atoms with Gasteiger partial charge in [0.2, 0.25) is 8.91 Å². The van der Waals surface area contributed by atoms with E-state index in [2.05, 4.69) is 12.6 Å². The second-order valence-corrected chi connectivity index (χ2v) is 5.07. The lowest BCUT2D eigenvalue weighted by Gasteiger charge is -2.11. The maximum Gasteiger partial charge on any atom is 0.216 e. The number of benzene rings is 1. The highest BCUT2D eigenvalue weighted by Crippen LogP contribution is 2.38. The number of halogens is 3. The summed E-state index contributed by atoms with van der Waals surface area (Å²) in [6.07, 6.45) is 0. The summed E-state index contributed by atoms with van der Waals surface area (Å²) in [5.74, 6) is 0. The fraction of sp³-hybridized carbons (Fsp3) is 0.125. The second kappa shape index (κ2) is 4.09. The Morgan fingerprint density at radius 1 is 1.31 bits per heavy atom. The Bertz CT molecular complexity index is 332. The molecule has 1 aromatic carbocycles. The molecule has 1 nitrogen and oxygen atoms in total. The second-order valence-electron chi connectivity index (χ2n) is 2.38. The van der Waals surface area contributed by atoms with Crippen molar-refractivity contribution < 1.29 is 4.79 Å². The predicted molar refractivity (Wildman–Crippen MR) is 59.0 cm³/mol. The van der Waals surface area contributed by atoms with Gasteiger partial charge in [0, 0.05) is 11.1 Å². The fourth-order valence-corrected chi connectivity index (χ4v) is 1.32. The lowest BCUT2D eigenvalue weighted by Crippen LogP contribution is -2.01. The molecular weight excluding hydrogens is 251 g/mol. The Labute approximate surface area is 96.4 Å². The third-order valence-corrected chi connectivity index (χ3v) is 2.35. The predicted octanol–water partition coefficient (Wildman–Crippen LogP) is 3.58. The highest BCUT2D eigenvalue weighted by atomic mass is 35.6. The van der Waals surface area contributed by atoms with Gasteiger partial charge in [-0.3, -0.25) is 4.79 Å². The fourth-order valence-electron chi connectivity index (χ4n) is 0.829. The standard InChI is InChI=1S/C8H5Cl3OS/c9-8(10,11)6-3-1-2-5(4-6)7(12)13/h1-4H,(H,12,13). The number of carbonyl (C=O) groups excluding carboxylic acids is 1. The summed E-state index contributed by atoms with van der Waals surface area (Å²) < 4.78 is -1.50. The van der Waals surface area contributed by atoms with Crippen molar-refractivity contribution in [3.05, 3.63) is 35.4 Å². The largest absolute Gasteiger partial charge is 0.282 e. The molecule has 0 aliphatic carbocycles. The first-order chi connectivity index (χ1) is 5.91. The molecule has 1 rings (SSSR count). The van der Waals surface area contributed by atoms with Crippen LogP contribution in [0.4, 0.5) is 0 Å². The van der Waals surface area contributed by atoms with Crippen molar-refractivity contribution in [2.45, 2.75) is 3.79 Å². The van der Waals surface area contributed by atoms with E-state index in [4.69, 9.17) is 34.8 Å². The molecule has 0 aromatic heterocycles. The van der Waals surface area contributed by atoms with Crippen molar-refractivity contribution in [1.29, 1.82) is 0 Å². The molecule has 0 amide bonds. The number of carbonyl (C=O) groups is 1. The van der Waals surface area contributed by atoms with Crippen LogP contribution in [0.2, 0.25) is 0 Å². The number of alkyl halides is 3. The van der Waals surface area contributed by atoms with Crippen molar-refractivity contribution >= 4 is 52.5 Å². The van der Waals surface area contributed by atoms with Gasteiger partial charge in [0.1, 0.15) is 0 Å². The molecule has 0 spiro atoms. The van der Waals surface area contributed by atoms with E-state index in [1.165, 1.54) is 6.07 Å². The van der Waals surface area contributed by atoms with Crippen molar-refractivity contribution in [2.24, 2.45) is 0 Å². The molecule has 0 saturated carbocycles. The van der Waals surface area contributed by atoms with Gasteiger partial charge in [-0.25, -0.2) is 0 Å². The summed E-state index contributed by atoms with van der Waals surface area (Å²) in [5, 5.41) is -0.351. The van der Waals surface area contributed by atoms with Crippen molar-refractivity contribution in [2.75, 3.05) is 0 Å². The maximum atomic E-state index is 10.9. The number of hydrogen-bond acceptors (Lipinski definition) is 1. The van der Waals surface area contributed by atoms with Crippen molar-refractivity contribution in [1.82, 2.24) is 0 Å². The zero-order valence-electron chi connectivity index (χ0n) is 6.30. The average Bonchev–Trinajstić information content (AvgIpc) is 2.03. The Morgan fingerprint density at radius 3 is 2.38 bits per heavy atom. The number of thiol groups is 1. The maximum absolute atomic E-state index is 10.9. The molecule has 0 aliphatic heterocycles. The molecule has 0 heterocycles. The molecule has 13 heavy (non-hydrogen) atoms. The van der Waals surface area contributed by atoms with Crippen LogP contribution in [-0.4, -0.2) is 5.12 Å². The molecule has 0 unspecified atom stereocenters. The van der Waals surface area contributed by atoms with Crippen LogP contribution in [0.25, 0.3) is 0 Å². The summed E-state index contributed by atoms with van der Waals surface area (Å²) in [4.78, 5) is 10.9. The van der Waals surface area contributed by atoms with Crippen molar-refractivity contribution in [3.8, 4) is 0 Å². The van der Waals surface area contributed by atoms with Crippen LogP contribution >= 0.6 is 47.4 Å². The molecule has 0 N–H and O–H groups in total. The van der Waals surface area contributed by atoms with E-state index >= 15 is 0 Å². The molecular formula is C8H5Cl3OS. The van der Waals surface area contributed by atoms with Gasteiger partial charge in [-0.1, -0.05) is 53.0 Å². The van der Waals surface area contributed by atoms with Gasteiger partial charge in [0.25, 0.3) is 0 Å². The summed E-state index contributed by atoms with van der Waals surface area (Å²) in [5.41, 5.74) is 0.865. The summed E-state index contributed by atoms with van der Waals surface area (Å²) in [6, 6.07) is 6.38. The van der Waals surface area contributed by atoms with Crippen LogP contribution in [0.3, 0.4) is 0 Å². The minimum absolute atomic E-state index is 0.351. The molecule has 0 fully saturated rings. The van der Waals surface area contributed by atoms with Crippen LogP contribution in [0.1, 0.15) is 15.9 Å². The molecule has 0 radical (unpaired) electrons. The van der Waals surface area contributed by atoms with Crippen LogP contribution in [0.15, 0.2) is 24.3 Å². The average molecular weight is 256 g/mol. The smallest absolute Gasteiger partial charge is 0.216 e. The monoisotopic (exact) mass is 254 g/mol. The van der Waals surface area contributed by atoms with Gasteiger partial charge < -0.3 is 0 Å². The van der Waals surface area contributed by atoms with Crippen LogP contribution in [-0.2, 0) is 3.79 Å². The first-order valence-electron chi connectivity index (χ1n) is 3.32. The van der Waals surface area contributed by atoms with E-state index in [1.54, 1.807) is 18.2 Å². The lowest BCUT2D eigenvalue weighted by molar-refractivity contribution is 0.109. The summed E-state index contributed by atoms with van der Waals surface area (Å²) >= 11 is 20.6. The Kier molecular flexibility index (Phi) is 3.52. The van der Waals surface area contributed by atoms with Gasteiger partial charge in [0.15, 0.2) is 0 Å². The molecule has 70 valence electrons. The molecule has 0 saturated heterocycles. The minimum atomic E-state index is -1.50. The number of hydrogen-bond donors (Lipinski definition) is 1. The van der Waals surface area contributed by atoms with Gasteiger partial charge in [-0.2, -0.15) is 0 Å². The van der Waals surface area contributed by atoms with Crippen LogP contribution < -0.4 is 0 Å². The summed E-state index contributed by atoms with van der Waals surface area (Å²) in [6.45, 7) is 0. The molecule has 0 atom stereocenters. The minimum Gasteiger partial charge on any atom is -0.282 e. The third-order valence-electron chi connectivity index (χ3n) is 1.44.